The summed E-state index contributed by atoms with van der Waals surface area (Å²) in [6, 6.07) is 11.3. The summed E-state index contributed by atoms with van der Waals surface area (Å²) in [7, 11) is 2.15. The van der Waals surface area contributed by atoms with Crippen molar-refractivity contribution in [2.24, 2.45) is 0 Å². The van der Waals surface area contributed by atoms with Crippen molar-refractivity contribution >= 4 is 45.7 Å². The van der Waals surface area contributed by atoms with E-state index >= 15 is 0 Å². The Hall–Kier alpha value is -1.39. The monoisotopic (exact) mass is 422 g/mol. The van der Waals surface area contributed by atoms with E-state index in [9.17, 15) is 0 Å². The van der Waals surface area contributed by atoms with E-state index in [-0.39, 0.29) is 0 Å². The average Bonchev–Trinajstić information content (AvgIpc) is 2.93. The van der Waals surface area contributed by atoms with E-state index in [2.05, 4.69) is 16.5 Å². The Morgan fingerprint density at radius 2 is 1.81 bits per heavy atom. The molecule has 142 valence electrons. The third-order valence-corrected chi connectivity index (χ3v) is 5.82. The van der Waals surface area contributed by atoms with Crippen LogP contribution in [0.25, 0.3) is 10.9 Å². The number of rotatable bonds is 5. The van der Waals surface area contributed by atoms with E-state index in [1.54, 1.807) is 0 Å². The molecule has 1 aliphatic rings. The molecule has 0 aliphatic carbocycles. The Morgan fingerprint density at radius 1 is 1.04 bits per heavy atom. The molecular formula is C21H21Cl3N2O. The van der Waals surface area contributed by atoms with Crippen LogP contribution < -0.4 is 4.74 Å². The second-order valence-electron chi connectivity index (χ2n) is 7.00. The SMILES string of the molecule is CN1CCc2c(c3cc(Cl)cc(Cl)c3n2CCCOc2ccc(Cl)cc2)C1. The average molecular weight is 424 g/mol. The van der Waals surface area contributed by atoms with Gasteiger partial charge in [-0.3, -0.25) is 0 Å². The Bertz CT molecular complexity index is 966. The van der Waals surface area contributed by atoms with Gasteiger partial charge < -0.3 is 14.2 Å². The maximum absolute atomic E-state index is 6.58. The lowest BCUT2D eigenvalue weighted by Crippen LogP contribution is -2.27. The van der Waals surface area contributed by atoms with Crippen LogP contribution in [-0.2, 0) is 19.5 Å². The van der Waals surface area contributed by atoms with Gasteiger partial charge in [0.1, 0.15) is 5.75 Å². The maximum atomic E-state index is 6.58. The van der Waals surface area contributed by atoms with E-state index in [1.807, 2.05) is 36.4 Å². The van der Waals surface area contributed by atoms with Crippen molar-refractivity contribution in [1.82, 2.24) is 9.47 Å². The molecule has 0 fully saturated rings. The second kappa shape index (κ2) is 7.92. The van der Waals surface area contributed by atoms with Crippen LogP contribution in [0.5, 0.6) is 5.75 Å². The summed E-state index contributed by atoms with van der Waals surface area (Å²) in [4.78, 5) is 2.34. The maximum Gasteiger partial charge on any atom is 0.119 e. The normalized spacial score (nSPS) is 14.5. The molecule has 0 unspecified atom stereocenters. The van der Waals surface area contributed by atoms with E-state index in [1.165, 1.54) is 16.6 Å². The first-order valence-electron chi connectivity index (χ1n) is 9.09. The Kier molecular flexibility index (Phi) is 5.56. The number of nitrogens with zero attached hydrogens (tertiary/aromatic N) is 2. The van der Waals surface area contributed by atoms with Crippen molar-refractivity contribution < 1.29 is 4.74 Å². The molecule has 27 heavy (non-hydrogen) atoms. The molecule has 3 aromatic rings. The number of aromatic nitrogens is 1. The summed E-state index contributed by atoms with van der Waals surface area (Å²) in [5.41, 5.74) is 3.81. The summed E-state index contributed by atoms with van der Waals surface area (Å²) >= 11 is 18.8. The number of hydrogen-bond acceptors (Lipinski definition) is 2. The molecule has 0 spiro atoms. The topological polar surface area (TPSA) is 17.4 Å². The van der Waals surface area contributed by atoms with Gasteiger partial charge in [-0.25, -0.2) is 0 Å². The third-order valence-electron chi connectivity index (χ3n) is 5.06. The molecule has 3 nitrogen and oxygen atoms in total. The molecule has 0 saturated carbocycles. The quantitative estimate of drug-likeness (QED) is 0.464. The molecule has 0 N–H and O–H groups in total. The van der Waals surface area contributed by atoms with Crippen LogP contribution in [0.1, 0.15) is 17.7 Å². The zero-order chi connectivity index (χ0) is 19.0. The minimum absolute atomic E-state index is 0.640. The molecule has 6 heteroatoms. The smallest absolute Gasteiger partial charge is 0.119 e. The Morgan fingerprint density at radius 3 is 2.59 bits per heavy atom. The van der Waals surface area contributed by atoms with Crippen LogP contribution in [0, 0.1) is 0 Å². The molecule has 1 aliphatic heterocycles. The van der Waals surface area contributed by atoms with Gasteiger partial charge in [-0.15, -0.1) is 0 Å². The van der Waals surface area contributed by atoms with Gasteiger partial charge in [0.25, 0.3) is 0 Å². The van der Waals surface area contributed by atoms with Crippen molar-refractivity contribution in [3.63, 3.8) is 0 Å². The first-order valence-corrected chi connectivity index (χ1v) is 10.2. The van der Waals surface area contributed by atoms with Gasteiger partial charge in [-0.1, -0.05) is 34.8 Å². The van der Waals surface area contributed by atoms with E-state index in [0.717, 1.165) is 43.7 Å². The first kappa shape index (κ1) is 18.9. The van der Waals surface area contributed by atoms with Crippen LogP contribution in [0.2, 0.25) is 15.1 Å². The summed E-state index contributed by atoms with van der Waals surface area (Å²) in [6.07, 6.45) is 1.92. The molecule has 0 radical (unpaired) electrons. The van der Waals surface area contributed by atoms with Gasteiger partial charge in [-0.2, -0.15) is 0 Å². The fourth-order valence-electron chi connectivity index (χ4n) is 3.82. The summed E-state index contributed by atoms with van der Waals surface area (Å²) < 4.78 is 8.21. The minimum Gasteiger partial charge on any atom is -0.494 e. The van der Waals surface area contributed by atoms with Crippen molar-refractivity contribution in [2.75, 3.05) is 20.2 Å². The molecule has 0 bridgehead atoms. The molecule has 2 heterocycles. The van der Waals surface area contributed by atoms with Gasteiger partial charge in [0, 0.05) is 47.2 Å². The molecular weight excluding hydrogens is 403 g/mol. The number of hydrogen-bond donors (Lipinski definition) is 0. The van der Waals surface area contributed by atoms with Gasteiger partial charge in [0.2, 0.25) is 0 Å². The van der Waals surface area contributed by atoms with Crippen molar-refractivity contribution in [1.29, 1.82) is 0 Å². The second-order valence-corrected chi connectivity index (χ2v) is 8.28. The zero-order valence-electron chi connectivity index (χ0n) is 15.1. The predicted octanol–water partition coefficient (Wildman–Crippen LogP) is 6.06. The van der Waals surface area contributed by atoms with Crippen LogP contribution in [0.3, 0.4) is 0 Å². The lowest BCUT2D eigenvalue weighted by Gasteiger charge is -2.24. The number of benzene rings is 2. The Balaban J connectivity index is 1.56. The van der Waals surface area contributed by atoms with E-state index in [0.29, 0.717) is 21.7 Å². The fourth-order valence-corrected chi connectivity index (χ4v) is 4.54. The molecule has 0 atom stereocenters. The number of aryl methyl sites for hydroxylation is 1. The van der Waals surface area contributed by atoms with Crippen LogP contribution in [0.15, 0.2) is 36.4 Å². The van der Waals surface area contributed by atoms with Crippen LogP contribution >= 0.6 is 34.8 Å². The van der Waals surface area contributed by atoms with Crippen LogP contribution in [0.4, 0.5) is 0 Å². The molecule has 4 rings (SSSR count). The third kappa shape index (κ3) is 3.93. The number of fused-ring (bicyclic) bond motifs is 3. The molecule has 0 amide bonds. The highest BCUT2D eigenvalue weighted by Gasteiger charge is 2.23. The highest BCUT2D eigenvalue weighted by molar-refractivity contribution is 6.38. The number of likely N-dealkylation sites (N-methyl/N-ethyl adjacent to an activating group) is 1. The highest BCUT2D eigenvalue weighted by atomic mass is 35.5. The van der Waals surface area contributed by atoms with Gasteiger partial charge in [0.15, 0.2) is 0 Å². The van der Waals surface area contributed by atoms with Gasteiger partial charge in [-0.05, 0) is 55.4 Å². The lowest BCUT2D eigenvalue weighted by atomic mass is 10.1. The van der Waals surface area contributed by atoms with Crippen LogP contribution in [-0.4, -0.2) is 29.7 Å². The molecule has 2 aromatic carbocycles. The summed E-state index contributed by atoms with van der Waals surface area (Å²) in [6.45, 7) is 3.48. The number of ether oxygens (including phenoxy) is 1. The van der Waals surface area contributed by atoms with Crippen molar-refractivity contribution in [2.45, 2.75) is 25.9 Å². The van der Waals surface area contributed by atoms with Crippen molar-refractivity contribution in [3.05, 3.63) is 62.7 Å². The predicted molar refractivity (Wildman–Crippen MR) is 114 cm³/mol. The summed E-state index contributed by atoms with van der Waals surface area (Å²) in [5.74, 6) is 0.838. The molecule has 0 saturated heterocycles. The largest absolute Gasteiger partial charge is 0.494 e. The first-order chi connectivity index (χ1) is 13.0. The van der Waals surface area contributed by atoms with E-state index < -0.39 is 0 Å². The lowest BCUT2D eigenvalue weighted by molar-refractivity contribution is 0.294. The van der Waals surface area contributed by atoms with Crippen molar-refractivity contribution in [3.8, 4) is 5.75 Å². The van der Waals surface area contributed by atoms with E-state index in [4.69, 9.17) is 39.5 Å². The summed E-state index contributed by atoms with van der Waals surface area (Å²) in [5, 5.41) is 3.29. The highest BCUT2D eigenvalue weighted by Crippen LogP contribution is 2.37. The zero-order valence-corrected chi connectivity index (χ0v) is 17.4. The molecule has 1 aromatic heterocycles. The van der Waals surface area contributed by atoms with Gasteiger partial charge in [0.05, 0.1) is 17.1 Å². The standard InChI is InChI=1S/C21H21Cl3N2O/c1-25-9-7-20-18(13-25)17-11-15(23)12-19(24)21(17)26(20)8-2-10-27-16-5-3-14(22)4-6-16/h3-6,11-12H,2,7-10,13H2,1H3. The van der Waals surface area contributed by atoms with Gasteiger partial charge >= 0.3 is 0 Å². The fraction of sp³-hybridized carbons (Fsp3) is 0.333. The Labute approximate surface area is 174 Å². The number of halogens is 3. The minimum atomic E-state index is 0.640.